The molecular formula is C16H16N2O7. The number of fused-ring (bicyclic) bond motifs is 3. The van der Waals surface area contributed by atoms with Crippen molar-refractivity contribution in [3.63, 3.8) is 0 Å². The second-order valence-corrected chi connectivity index (χ2v) is 6.10. The van der Waals surface area contributed by atoms with Crippen LogP contribution in [-0.4, -0.2) is 79.1 Å². The van der Waals surface area contributed by atoms with Crippen molar-refractivity contribution >= 4 is 22.8 Å². The molecule has 0 aliphatic carbocycles. The number of carbonyl (C=O) groups is 2. The zero-order valence-electron chi connectivity index (χ0n) is 12.9. The zero-order chi connectivity index (χ0) is 17.9. The number of benzene rings is 1. The Morgan fingerprint density at radius 1 is 1.04 bits per heavy atom. The van der Waals surface area contributed by atoms with Gasteiger partial charge in [-0.2, -0.15) is 0 Å². The second-order valence-electron chi connectivity index (χ2n) is 6.10. The number of imide groups is 1. The van der Waals surface area contributed by atoms with E-state index in [4.69, 9.17) is 4.74 Å². The largest absolute Gasteiger partial charge is 0.394 e. The summed E-state index contributed by atoms with van der Waals surface area (Å²) in [5.74, 6) is -0.689. The Labute approximate surface area is 141 Å². The molecule has 2 amide bonds. The van der Waals surface area contributed by atoms with E-state index in [1.165, 1.54) is 4.57 Å². The first-order valence-corrected chi connectivity index (χ1v) is 7.74. The van der Waals surface area contributed by atoms with Gasteiger partial charge in [-0.1, -0.05) is 18.2 Å². The van der Waals surface area contributed by atoms with Crippen molar-refractivity contribution in [2.45, 2.75) is 30.6 Å². The van der Waals surface area contributed by atoms with Crippen molar-refractivity contribution in [3.05, 3.63) is 36.0 Å². The van der Waals surface area contributed by atoms with Gasteiger partial charge in [0.15, 0.2) is 6.23 Å². The fourth-order valence-electron chi connectivity index (χ4n) is 3.36. The van der Waals surface area contributed by atoms with Gasteiger partial charge in [-0.25, -0.2) is 9.69 Å². The van der Waals surface area contributed by atoms with Gasteiger partial charge in [-0.3, -0.25) is 9.36 Å². The third-order valence-electron chi connectivity index (χ3n) is 4.67. The summed E-state index contributed by atoms with van der Waals surface area (Å²) in [7, 11) is 0. The third-order valence-corrected chi connectivity index (χ3v) is 4.67. The van der Waals surface area contributed by atoms with Crippen LogP contribution >= 0.6 is 0 Å². The molecular weight excluding hydrogens is 332 g/mol. The minimum absolute atomic E-state index is 0.114. The summed E-state index contributed by atoms with van der Waals surface area (Å²) in [6.45, 7) is -0.646. The molecule has 1 fully saturated rings. The monoisotopic (exact) mass is 348 g/mol. The molecule has 3 heterocycles. The molecule has 2 aromatic rings. The lowest BCUT2D eigenvalue weighted by Gasteiger charge is -2.42. The highest BCUT2D eigenvalue weighted by Gasteiger charge is 2.52. The zero-order valence-corrected chi connectivity index (χ0v) is 12.9. The standard InChI is InChI=1S/C16H16N2O7/c19-6-10-11(20)12(21)13(22)15(25-10)18-14(23)9-5-7-3-1-2-4-8(7)17(9)16(18)24/h1-5,10-13,15,19-22H,6H2/t10-,11-,12+,13-,15-/m1/s1. The molecule has 4 rings (SSSR count). The Morgan fingerprint density at radius 3 is 2.48 bits per heavy atom. The van der Waals surface area contributed by atoms with E-state index in [1.807, 2.05) is 0 Å². The van der Waals surface area contributed by atoms with E-state index < -0.39 is 49.2 Å². The number of rotatable bonds is 2. The molecule has 2 aliphatic rings. The Balaban J connectivity index is 1.74. The summed E-state index contributed by atoms with van der Waals surface area (Å²) in [6.07, 6.45) is -7.67. The van der Waals surface area contributed by atoms with Gasteiger partial charge in [0.25, 0.3) is 5.91 Å². The molecule has 1 aromatic heterocycles. The average Bonchev–Trinajstić information content (AvgIpc) is 3.11. The number of aliphatic hydroxyl groups is 4. The molecule has 25 heavy (non-hydrogen) atoms. The number of para-hydroxylation sites is 1. The van der Waals surface area contributed by atoms with Crippen LogP contribution in [0.25, 0.3) is 10.9 Å². The number of ether oxygens (including phenoxy) is 1. The maximum Gasteiger partial charge on any atom is 0.338 e. The lowest BCUT2D eigenvalue weighted by molar-refractivity contribution is -0.250. The average molecular weight is 348 g/mol. The van der Waals surface area contributed by atoms with E-state index in [0.29, 0.717) is 15.8 Å². The van der Waals surface area contributed by atoms with Crippen LogP contribution in [-0.2, 0) is 4.74 Å². The first-order valence-electron chi connectivity index (χ1n) is 7.74. The van der Waals surface area contributed by atoms with Gasteiger partial charge in [-0.05, 0) is 12.1 Å². The lowest BCUT2D eigenvalue weighted by Crippen LogP contribution is -2.64. The molecule has 132 valence electrons. The van der Waals surface area contributed by atoms with E-state index in [1.54, 1.807) is 30.3 Å². The van der Waals surface area contributed by atoms with Crippen molar-refractivity contribution in [3.8, 4) is 0 Å². The first-order chi connectivity index (χ1) is 12.0. The molecule has 1 saturated heterocycles. The Morgan fingerprint density at radius 2 is 1.76 bits per heavy atom. The smallest absolute Gasteiger partial charge is 0.338 e. The van der Waals surface area contributed by atoms with Crippen molar-refractivity contribution in [1.82, 2.24) is 9.47 Å². The fraction of sp³-hybridized carbons (Fsp3) is 0.375. The molecule has 2 aliphatic heterocycles. The van der Waals surface area contributed by atoms with Gasteiger partial charge in [0.2, 0.25) is 0 Å². The maximum atomic E-state index is 12.8. The molecule has 0 unspecified atom stereocenters. The minimum atomic E-state index is -1.71. The molecule has 4 N–H and O–H groups in total. The van der Waals surface area contributed by atoms with Crippen LogP contribution in [0.5, 0.6) is 0 Å². The summed E-state index contributed by atoms with van der Waals surface area (Å²) >= 11 is 0. The molecule has 1 aromatic carbocycles. The highest BCUT2D eigenvalue weighted by Crippen LogP contribution is 2.32. The van der Waals surface area contributed by atoms with E-state index >= 15 is 0 Å². The van der Waals surface area contributed by atoms with Crippen molar-refractivity contribution in [2.75, 3.05) is 6.61 Å². The third kappa shape index (κ3) is 2.14. The fourth-order valence-corrected chi connectivity index (χ4v) is 3.36. The Hall–Kier alpha value is -2.30. The number of hydrogen-bond acceptors (Lipinski definition) is 7. The van der Waals surface area contributed by atoms with Gasteiger partial charge < -0.3 is 25.2 Å². The van der Waals surface area contributed by atoms with Gasteiger partial charge in [0.05, 0.1) is 12.1 Å². The van der Waals surface area contributed by atoms with Crippen LogP contribution < -0.4 is 0 Å². The van der Waals surface area contributed by atoms with Gasteiger partial charge in [0, 0.05) is 5.39 Å². The quantitative estimate of drug-likeness (QED) is 0.539. The summed E-state index contributed by atoms with van der Waals surface area (Å²) in [6, 6.07) is 7.78. The van der Waals surface area contributed by atoms with E-state index in [2.05, 4.69) is 0 Å². The number of carbonyl (C=O) groups excluding carboxylic acids is 2. The number of aromatic nitrogens is 1. The van der Waals surface area contributed by atoms with E-state index in [-0.39, 0.29) is 5.69 Å². The van der Waals surface area contributed by atoms with Crippen LogP contribution in [0.15, 0.2) is 30.3 Å². The second kappa shape index (κ2) is 5.61. The molecule has 0 radical (unpaired) electrons. The van der Waals surface area contributed by atoms with Gasteiger partial charge in [-0.15, -0.1) is 0 Å². The lowest BCUT2D eigenvalue weighted by atomic mass is 9.98. The summed E-state index contributed by atoms with van der Waals surface area (Å²) < 4.78 is 6.54. The van der Waals surface area contributed by atoms with Crippen LogP contribution in [0.1, 0.15) is 10.5 Å². The van der Waals surface area contributed by atoms with Crippen molar-refractivity contribution in [2.24, 2.45) is 0 Å². The number of hydrogen-bond donors (Lipinski definition) is 4. The predicted molar refractivity (Wildman–Crippen MR) is 82.7 cm³/mol. The van der Waals surface area contributed by atoms with Crippen LogP contribution in [0.3, 0.4) is 0 Å². The van der Waals surface area contributed by atoms with Crippen LogP contribution in [0, 0.1) is 0 Å². The first kappa shape index (κ1) is 16.2. The molecule has 9 heteroatoms. The molecule has 0 spiro atoms. The normalized spacial score (nSPS) is 32.5. The van der Waals surface area contributed by atoms with E-state index in [9.17, 15) is 30.0 Å². The topological polar surface area (TPSA) is 132 Å². The highest BCUT2D eigenvalue weighted by atomic mass is 16.6. The summed E-state index contributed by atoms with van der Waals surface area (Å²) in [4.78, 5) is 26.2. The van der Waals surface area contributed by atoms with Crippen LogP contribution in [0.2, 0.25) is 0 Å². The maximum absolute atomic E-state index is 12.8. The predicted octanol–water partition coefficient (Wildman–Crippen LogP) is -1.13. The molecule has 0 saturated carbocycles. The number of amides is 2. The highest BCUT2D eigenvalue weighted by molar-refractivity contribution is 6.16. The van der Waals surface area contributed by atoms with Crippen LogP contribution in [0.4, 0.5) is 4.79 Å². The Bertz CT molecular complexity index is 861. The molecule has 5 atom stereocenters. The van der Waals surface area contributed by atoms with Gasteiger partial charge >= 0.3 is 6.03 Å². The summed E-state index contributed by atoms with van der Waals surface area (Å²) in [5, 5.41) is 39.9. The molecule has 9 nitrogen and oxygen atoms in total. The van der Waals surface area contributed by atoms with E-state index in [0.717, 1.165) is 0 Å². The SMILES string of the molecule is O=C1c2cc3ccccc3n2C(=O)N1[C@@H]1O[C@H](CO)[C@@H](O)[C@H](O)[C@H]1O. The van der Waals surface area contributed by atoms with Crippen molar-refractivity contribution in [1.29, 1.82) is 0 Å². The minimum Gasteiger partial charge on any atom is -0.394 e. The molecule has 0 bridgehead atoms. The van der Waals surface area contributed by atoms with Crippen molar-refractivity contribution < 1.29 is 34.8 Å². The number of aliphatic hydroxyl groups excluding tert-OH is 4. The van der Waals surface area contributed by atoms with Gasteiger partial charge in [0.1, 0.15) is 30.1 Å². The summed E-state index contributed by atoms with van der Waals surface area (Å²) in [5.41, 5.74) is 0.645. The number of nitrogens with zero attached hydrogens (tertiary/aromatic N) is 2. The Kier molecular flexibility index (Phi) is 3.63.